The quantitative estimate of drug-likeness (QED) is 0.871. The van der Waals surface area contributed by atoms with Crippen LogP contribution in [0.2, 0.25) is 0 Å². The van der Waals surface area contributed by atoms with E-state index in [-0.39, 0.29) is 0 Å². The number of rotatable bonds is 3. The predicted octanol–water partition coefficient (Wildman–Crippen LogP) is 4.28. The van der Waals surface area contributed by atoms with Gasteiger partial charge in [-0.25, -0.2) is 0 Å². The molecule has 1 heterocycles. The van der Waals surface area contributed by atoms with Crippen LogP contribution < -0.4 is 5.73 Å². The van der Waals surface area contributed by atoms with Gasteiger partial charge in [0.1, 0.15) is 0 Å². The van der Waals surface area contributed by atoms with Crippen LogP contribution in [-0.4, -0.2) is 5.16 Å². The van der Waals surface area contributed by atoms with Crippen LogP contribution in [0.5, 0.6) is 0 Å². The minimum absolute atomic E-state index is 0.542. The lowest BCUT2D eigenvalue weighted by Gasteiger charge is -2.19. The number of aromatic nitrogens is 1. The summed E-state index contributed by atoms with van der Waals surface area (Å²) in [6.07, 6.45) is 10.2. The molecule has 0 radical (unpaired) electrons. The van der Waals surface area contributed by atoms with Crippen molar-refractivity contribution in [3.63, 3.8) is 0 Å². The van der Waals surface area contributed by atoms with Crippen molar-refractivity contribution in [3.05, 3.63) is 11.3 Å². The third-order valence-corrected chi connectivity index (χ3v) is 3.95. The van der Waals surface area contributed by atoms with E-state index in [4.69, 9.17) is 10.3 Å². The van der Waals surface area contributed by atoms with Crippen molar-refractivity contribution >= 4 is 5.88 Å². The first-order chi connectivity index (χ1) is 8.68. The smallest absolute Gasteiger partial charge is 0.225 e. The lowest BCUT2D eigenvalue weighted by Crippen LogP contribution is -2.07. The van der Waals surface area contributed by atoms with Gasteiger partial charge in [0, 0.05) is 11.5 Å². The Hall–Kier alpha value is -0.990. The predicted molar refractivity (Wildman–Crippen MR) is 74.5 cm³/mol. The van der Waals surface area contributed by atoms with E-state index >= 15 is 0 Å². The van der Waals surface area contributed by atoms with E-state index in [2.05, 4.69) is 19.0 Å². The molecule has 2 N–H and O–H groups in total. The standard InChI is InChI=1S/C15H26N2O/c1-11(2)10-13-14(17-18-15(13)16)12-8-6-4-3-5-7-9-12/h11-12H,3-10,16H2,1-2H3. The Morgan fingerprint density at radius 2 is 1.78 bits per heavy atom. The first-order valence-electron chi connectivity index (χ1n) is 7.42. The summed E-state index contributed by atoms with van der Waals surface area (Å²) in [5.41, 5.74) is 8.27. The molecule has 0 aliphatic heterocycles. The molecule has 1 aromatic rings. The van der Waals surface area contributed by atoms with Crippen molar-refractivity contribution in [2.45, 2.75) is 71.1 Å². The van der Waals surface area contributed by atoms with Gasteiger partial charge in [-0.05, 0) is 25.2 Å². The van der Waals surface area contributed by atoms with Crippen LogP contribution in [0.1, 0.15) is 76.0 Å². The van der Waals surface area contributed by atoms with E-state index < -0.39 is 0 Å². The summed E-state index contributed by atoms with van der Waals surface area (Å²) in [6, 6.07) is 0. The monoisotopic (exact) mass is 250 g/mol. The summed E-state index contributed by atoms with van der Waals surface area (Å²) < 4.78 is 5.25. The van der Waals surface area contributed by atoms with Crippen molar-refractivity contribution in [1.29, 1.82) is 0 Å². The SMILES string of the molecule is CC(C)Cc1c(C2CCCCCCC2)noc1N. The van der Waals surface area contributed by atoms with E-state index in [1.165, 1.54) is 50.5 Å². The van der Waals surface area contributed by atoms with Gasteiger partial charge in [-0.2, -0.15) is 0 Å². The fourth-order valence-corrected chi connectivity index (χ4v) is 3.00. The second kappa shape index (κ2) is 6.26. The van der Waals surface area contributed by atoms with Crippen LogP contribution in [0, 0.1) is 5.92 Å². The summed E-state index contributed by atoms with van der Waals surface area (Å²) in [7, 11) is 0. The maximum atomic E-state index is 5.94. The zero-order chi connectivity index (χ0) is 13.0. The molecule has 0 amide bonds. The summed E-state index contributed by atoms with van der Waals surface area (Å²) in [6.45, 7) is 4.43. The highest BCUT2D eigenvalue weighted by Gasteiger charge is 2.23. The number of hydrogen-bond acceptors (Lipinski definition) is 3. The van der Waals surface area contributed by atoms with Crippen LogP contribution in [-0.2, 0) is 6.42 Å². The highest BCUT2D eigenvalue weighted by atomic mass is 16.5. The van der Waals surface area contributed by atoms with E-state index in [1.54, 1.807) is 0 Å². The Bertz CT molecular complexity index is 363. The molecule has 3 heteroatoms. The molecule has 1 fully saturated rings. The topological polar surface area (TPSA) is 52.0 Å². The maximum Gasteiger partial charge on any atom is 0.225 e. The highest BCUT2D eigenvalue weighted by molar-refractivity contribution is 5.40. The van der Waals surface area contributed by atoms with Gasteiger partial charge in [0.05, 0.1) is 5.69 Å². The van der Waals surface area contributed by atoms with Crippen LogP contribution in [0.3, 0.4) is 0 Å². The Morgan fingerprint density at radius 3 is 2.39 bits per heavy atom. The first kappa shape index (κ1) is 13.4. The molecule has 0 bridgehead atoms. The molecular weight excluding hydrogens is 224 g/mol. The van der Waals surface area contributed by atoms with Gasteiger partial charge in [0.25, 0.3) is 0 Å². The van der Waals surface area contributed by atoms with E-state index in [0.29, 0.717) is 17.7 Å². The highest BCUT2D eigenvalue weighted by Crippen LogP contribution is 2.34. The maximum absolute atomic E-state index is 5.94. The number of nitrogen functional groups attached to an aromatic ring is 1. The fraction of sp³-hybridized carbons (Fsp3) is 0.800. The average Bonchev–Trinajstić information content (AvgIpc) is 2.60. The average molecular weight is 250 g/mol. The number of nitrogens with zero attached hydrogens (tertiary/aromatic N) is 1. The minimum atomic E-state index is 0.542. The van der Waals surface area contributed by atoms with Crippen LogP contribution in [0.4, 0.5) is 5.88 Å². The molecule has 18 heavy (non-hydrogen) atoms. The largest absolute Gasteiger partial charge is 0.367 e. The molecule has 3 nitrogen and oxygen atoms in total. The van der Waals surface area contributed by atoms with Gasteiger partial charge in [0.15, 0.2) is 0 Å². The van der Waals surface area contributed by atoms with Crippen LogP contribution in [0.25, 0.3) is 0 Å². The molecule has 0 aromatic carbocycles. The Labute approximate surface area is 110 Å². The Balaban J connectivity index is 2.14. The molecule has 0 unspecified atom stereocenters. The van der Waals surface area contributed by atoms with Crippen molar-refractivity contribution in [2.24, 2.45) is 5.92 Å². The van der Waals surface area contributed by atoms with Crippen LogP contribution in [0.15, 0.2) is 4.52 Å². The third kappa shape index (κ3) is 3.27. The second-order valence-electron chi connectivity index (χ2n) is 6.05. The minimum Gasteiger partial charge on any atom is -0.367 e. The van der Waals surface area contributed by atoms with Gasteiger partial charge >= 0.3 is 0 Å². The van der Waals surface area contributed by atoms with E-state index in [0.717, 1.165) is 12.1 Å². The van der Waals surface area contributed by atoms with Gasteiger partial charge < -0.3 is 10.3 Å². The molecule has 0 spiro atoms. The van der Waals surface area contributed by atoms with E-state index in [1.807, 2.05) is 0 Å². The summed E-state index contributed by atoms with van der Waals surface area (Å²) >= 11 is 0. The fourth-order valence-electron chi connectivity index (χ4n) is 3.00. The zero-order valence-corrected chi connectivity index (χ0v) is 11.7. The molecule has 1 aliphatic carbocycles. The summed E-state index contributed by atoms with van der Waals surface area (Å²) in [5, 5.41) is 4.26. The molecule has 1 aliphatic rings. The van der Waals surface area contributed by atoms with Crippen LogP contribution >= 0.6 is 0 Å². The molecule has 2 rings (SSSR count). The zero-order valence-electron chi connectivity index (χ0n) is 11.7. The molecule has 0 saturated heterocycles. The molecule has 102 valence electrons. The van der Waals surface area contributed by atoms with Gasteiger partial charge in [0.2, 0.25) is 5.88 Å². The Kier molecular flexibility index (Phi) is 4.67. The Morgan fingerprint density at radius 1 is 1.17 bits per heavy atom. The number of hydrogen-bond donors (Lipinski definition) is 1. The van der Waals surface area contributed by atoms with Gasteiger partial charge in [-0.1, -0.05) is 51.1 Å². The second-order valence-corrected chi connectivity index (χ2v) is 6.05. The molecule has 1 aromatic heterocycles. The third-order valence-electron chi connectivity index (χ3n) is 3.95. The van der Waals surface area contributed by atoms with Gasteiger partial charge in [-0.15, -0.1) is 0 Å². The molecule has 1 saturated carbocycles. The van der Waals surface area contributed by atoms with Crippen molar-refractivity contribution in [1.82, 2.24) is 5.16 Å². The molecular formula is C15H26N2O. The lowest BCUT2D eigenvalue weighted by atomic mass is 9.86. The summed E-state index contributed by atoms with van der Waals surface area (Å²) in [4.78, 5) is 0. The van der Waals surface area contributed by atoms with Crippen molar-refractivity contribution < 1.29 is 4.52 Å². The van der Waals surface area contributed by atoms with Crippen molar-refractivity contribution in [3.8, 4) is 0 Å². The number of anilines is 1. The van der Waals surface area contributed by atoms with Gasteiger partial charge in [-0.3, -0.25) is 0 Å². The number of nitrogens with two attached hydrogens (primary N) is 1. The van der Waals surface area contributed by atoms with E-state index in [9.17, 15) is 0 Å². The normalized spacial score (nSPS) is 18.8. The lowest BCUT2D eigenvalue weighted by molar-refractivity contribution is 0.395. The van der Waals surface area contributed by atoms with Crippen molar-refractivity contribution in [2.75, 3.05) is 5.73 Å². The summed E-state index contributed by atoms with van der Waals surface area (Å²) in [5.74, 6) is 1.71. The first-order valence-corrected chi connectivity index (χ1v) is 7.42. The molecule has 0 atom stereocenters.